The zero-order valence-corrected chi connectivity index (χ0v) is 9.24. The van der Waals surface area contributed by atoms with Crippen LogP contribution in [-0.2, 0) is 10.0 Å². The van der Waals surface area contributed by atoms with Crippen LogP contribution >= 0.6 is 0 Å². The summed E-state index contributed by atoms with van der Waals surface area (Å²) in [7, 11) is -4.06. The molecule has 6 nitrogen and oxygen atoms in total. The van der Waals surface area contributed by atoms with Crippen LogP contribution in [0.2, 0.25) is 0 Å². The molecule has 0 fully saturated rings. The fourth-order valence-corrected chi connectivity index (χ4v) is 2.47. The van der Waals surface area contributed by atoms with Gasteiger partial charge in [-0.15, -0.1) is 4.40 Å². The number of benzene rings is 1. The molecule has 0 atom stereocenters. The van der Waals surface area contributed by atoms with E-state index in [-0.39, 0.29) is 15.9 Å². The summed E-state index contributed by atoms with van der Waals surface area (Å²) in [5, 5.41) is 0.0926. The molecule has 1 aromatic heterocycles. The molecule has 0 radical (unpaired) electrons. The van der Waals surface area contributed by atoms with E-state index >= 15 is 0 Å². The molecular formula is C9H8FN3O3S. The quantitative estimate of drug-likeness (QED) is 0.602. The summed E-state index contributed by atoms with van der Waals surface area (Å²) in [6.07, 6.45) is 1.18. The Hall–Kier alpha value is -2.09. The molecular weight excluding hydrogens is 249 g/mol. The van der Waals surface area contributed by atoms with Crippen LogP contribution in [0.5, 0.6) is 0 Å². The molecule has 0 saturated carbocycles. The molecule has 0 amide bonds. The predicted octanol–water partition coefficient (Wildman–Crippen LogP) is 0.534. The first-order valence-corrected chi connectivity index (χ1v) is 5.87. The Labute approximate surface area is 95.8 Å². The van der Waals surface area contributed by atoms with E-state index in [0.29, 0.717) is 0 Å². The molecule has 0 aliphatic carbocycles. The van der Waals surface area contributed by atoms with Gasteiger partial charge in [0, 0.05) is 5.39 Å². The van der Waals surface area contributed by atoms with E-state index in [1.165, 1.54) is 12.3 Å². The van der Waals surface area contributed by atoms with E-state index in [0.717, 1.165) is 12.1 Å². The Morgan fingerprint density at radius 1 is 1.29 bits per heavy atom. The first kappa shape index (κ1) is 11.4. The maximum Gasteiger partial charge on any atom is 0.286 e. The van der Waals surface area contributed by atoms with Crippen molar-refractivity contribution in [2.75, 3.05) is 0 Å². The normalized spacial score (nSPS) is 11.6. The van der Waals surface area contributed by atoms with Crippen LogP contribution in [0.1, 0.15) is 0 Å². The van der Waals surface area contributed by atoms with Crippen molar-refractivity contribution in [2.24, 2.45) is 15.9 Å². The highest BCUT2D eigenvalue weighted by atomic mass is 32.2. The monoisotopic (exact) mass is 257 g/mol. The van der Waals surface area contributed by atoms with Crippen LogP contribution in [0.15, 0.2) is 38.2 Å². The van der Waals surface area contributed by atoms with Gasteiger partial charge in [0.05, 0.1) is 6.26 Å². The second-order valence-electron chi connectivity index (χ2n) is 3.20. The van der Waals surface area contributed by atoms with Crippen molar-refractivity contribution < 1.29 is 17.2 Å². The summed E-state index contributed by atoms with van der Waals surface area (Å²) in [6.45, 7) is 0. The Morgan fingerprint density at radius 3 is 2.65 bits per heavy atom. The fourth-order valence-electron chi connectivity index (χ4n) is 1.42. The lowest BCUT2D eigenvalue weighted by molar-refractivity contribution is 0.559. The summed E-state index contributed by atoms with van der Waals surface area (Å²) < 4.78 is 44.7. The topological polar surface area (TPSA) is 112 Å². The van der Waals surface area contributed by atoms with Gasteiger partial charge in [0.2, 0.25) is 5.96 Å². The minimum absolute atomic E-state index is 0.0926. The smallest absolute Gasteiger partial charge is 0.286 e. The van der Waals surface area contributed by atoms with Crippen molar-refractivity contribution in [2.45, 2.75) is 4.90 Å². The summed E-state index contributed by atoms with van der Waals surface area (Å²) in [5.41, 5.74) is 9.88. The summed E-state index contributed by atoms with van der Waals surface area (Å²) in [4.78, 5) is -0.212. The van der Waals surface area contributed by atoms with Crippen LogP contribution in [-0.4, -0.2) is 14.4 Å². The molecule has 0 spiro atoms. The molecule has 0 saturated heterocycles. The summed E-state index contributed by atoms with van der Waals surface area (Å²) in [5.74, 6) is -1.25. The average molecular weight is 257 g/mol. The first-order chi connectivity index (χ1) is 7.92. The lowest BCUT2D eigenvalue weighted by atomic mass is 10.2. The van der Waals surface area contributed by atoms with Crippen LogP contribution in [0, 0.1) is 5.82 Å². The van der Waals surface area contributed by atoms with Gasteiger partial charge in [-0.2, -0.15) is 8.42 Å². The lowest BCUT2D eigenvalue weighted by Crippen LogP contribution is -2.24. The van der Waals surface area contributed by atoms with Gasteiger partial charge in [0.1, 0.15) is 4.90 Å². The van der Waals surface area contributed by atoms with Crippen molar-refractivity contribution in [1.82, 2.24) is 0 Å². The standard InChI is InChI=1S/C9H8FN3O3S/c10-6-1-2-7(5-3-4-16-8(5)6)17(14,15)13-9(11)12/h1-4H,(H4,11,12,13). The molecule has 1 heterocycles. The van der Waals surface area contributed by atoms with Crippen LogP contribution in [0.25, 0.3) is 11.0 Å². The van der Waals surface area contributed by atoms with E-state index in [2.05, 4.69) is 4.40 Å². The van der Waals surface area contributed by atoms with E-state index < -0.39 is 21.8 Å². The predicted molar refractivity (Wildman–Crippen MR) is 59.2 cm³/mol. The largest absolute Gasteiger partial charge is 0.461 e. The molecule has 90 valence electrons. The third-order valence-electron chi connectivity index (χ3n) is 2.03. The number of nitrogens with two attached hydrogens (primary N) is 2. The van der Waals surface area contributed by atoms with Crippen molar-refractivity contribution >= 4 is 27.0 Å². The molecule has 1 aromatic carbocycles. The Balaban J connectivity index is 2.77. The van der Waals surface area contributed by atoms with Gasteiger partial charge in [-0.25, -0.2) is 4.39 Å². The average Bonchev–Trinajstić information content (AvgIpc) is 2.64. The Bertz CT molecular complexity index is 701. The zero-order valence-electron chi connectivity index (χ0n) is 8.42. The van der Waals surface area contributed by atoms with E-state index in [4.69, 9.17) is 15.9 Å². The van der Waals surface area contributed by atoms with E-state index in [1.807, 2.05) is 0 Å². The van der Waals surface area contributed by atoms with Gasteiger partial charge in [-0.3, -0.25) is 0 Å². The maximum absolute atomic E-state index is 13.3. The molecule has 17 heavy (non-hydrogen) atoms. The summed E-state index contributed by atoms with van der Waals surface area (Å²) in [6, 6.07) is 3.38. The third kappa shape index (κ3) is 1.94. The zero-order chi connectivity index (χ0) is 12.6. The van der Waals surface area contributed by atoms with E-state index in [1.54, 1.807) is 0 Å². The number of hydrogen-bond acceptors (Lipinski definition) is 3. The molecule has 0 aliphatic heterocycles. The van der Waals surface area contributed by atoms with Crippen molar-refractivity contribution in [3.8, 4) is 0 Å². The molecule has 0 unspecified atom stereocenters. The number of rotatable bonds is 2. The Morgan fingerprint density at radius 2 is 2.00 bits per heavy atom. The SMILES string of the molecule is NC(N)=NS(=O)(=O)c1ccc(F)c2occc12. The highest BCUT2D eigenvalue weighted by molar-refractivity contribution is 7.90. The number of sulfonamides is 1. The fraction of sp³-hybridized carbons (Fsp3) is 0. The molecule has 2 aromatic rings. The number of nitrogens with zero attached hydrogens (tertiary/aromatic N) is 1. The number of fused-ring (bicyclic) bond motifs is 1. The molecule has 4 N–H and O–H groups in total. The first-order valence-electron chi connectivity index (χ1n) is 4.43. The molecule has 0 aliphatic rings. The Kier molecular flexibility index (Phi) is 2.50. The van der Waals surface area contributed by atoms with Crippen LogP contribution in [0.3, 0.4) is 0 Å². The number of halogens is 1. The van der Waals surface area contributed by atoms with E-state index in [9.17, 15) is 12.8 Å². The highest BCUT2D eigenvalue weighted by Gasteiger charge is 2.20. The van der Waals surface area contributed by atoms with Crippen LogP contribution in [0.4, 0.5) is 4.39 Å². The lowest BCUT2D eigenvalue weighted by Gasteiger charge is -2.01. The summed E-state index contributed by atoms with van der Waals surface area (Å²) >= 11 is 0. The molecule has 8 heteroatoms. The van der Waals surface area contributed by atoms with Gasteiger partial charge in [0.25, 0.3) is 10.0 Å². The number of hydrogen-bond donors (Lipinski definition) is 2. The maximum atomic E-state index is 13.3. The second-order valence-corrected chi connectivity index (χ2v) is 4.77. The second kappa shape index (κ2) is 3.74. The van der Waals surface area contributed by atoms with Crippen LogP contribution < -0.4 is 11.5 Å². The third-order valence-corrected chi connectivity index (χ3v) is 3.40. The van der Waals surface area contributed by atoms with Gasteiger partial charge in [-0.1, -0.05) is 0 Å². The van der Waals surface area contributed by atoms with Crippen molar-refractivity contribution in [3.63, 3.8) is 0 Å². The van der Waals surface area contributed by atoms with Gasteiger partial charge in [0.15, 0.2) is 11.4 Å². The van der Waals surface area contributed by atoms with Crippen molar-refractivity contribution in [3.05, 3.63) is 30.3 Å². The number of guanidine groups is 1. The molecule has 0 bridgehead atoms. The van der Waals surface area contributed by atoms with Gasteiger partial charge < -0.3 is 15.9 Å². The number of furan rings is 1. The van der Waals surface area contributed by atoms with Crippen molar-refractivity contribution in [1.29, 1.82) is 0 Å². The van der Waals surface area contributed by atoms with Gasteiger partial charge >= 0.3 is 0 Å². The highest BCUT2D eigenvalue weighted by Crippen LogP contribution is 2.27. The minimum atomic E-state index is -4.06. The molecule has 2 rings (SSSR count). The van der Waals surface area contributed by atoms with Gasteiger partial charge in [-0.05, 0) is 18.2 Å². The minimum Gasteiger partial charge on any atom is -0.461 e.